The van der Waals surface area contributed by atoms with Crippen LogP contribution >= 0.6 is 0 Å². The van der Waals surface area contributed by atoms with Gasteiger partial charge in [-0.15, -0.1) is 0 Å². The molecule has 0 radical (unpaired) electrons. The molecule has 3 rings (SSSR count). The van der Waals surface area contributed by atoms with Gasteiger partial charge in [0.1, 0.15) is 5.75 Å². The number of hydrogen-bond donors (Lipinski definition) is 2. The van der Waals surface area contributed by atoms with E-state index >= 15 is 0 Å². The van der Waals surface area contributed by atoms with E-state index in [1.54, 1.807) is 49.6 Å². The summed E-state index contributed by atoms with van der Waals surface area (Å²) in [5.74, 6) is 0.489. The van der Waals surface area contributed by atoms with Crippen molar-refractivity contribution in [2.24, 2.45) is 0 Å². The molecule has 2 N–H and O–H groups in total. The highest BCUT2D eigenvalue weighted by atomic mass is 32.2. The number of nitrogens with zero attached hydrogens (tertiary/aromatic N) is 1. The summed E-state index contributed by atoms with van der Waals surface area (Å²) in [5, 5.41) is 2.62. The van der Waals surface area contributed by atoms with Crippen molar-refractivity contribution >= 4 is 27.3 Å². The van der Waals surface area contributed by atoms with Gasteiger partial charge in [0.25, 0.3) is 5.89 Å². The fourth-order valence-corrected chi connectivity index (χ4v) is 2.88. The molecule has 3 aromatic rings. The van der Waals surface area contributed by atoms with Crippen LogP contribution in [0.4, 0.5) is 11.4 Å². The number of nitrogens with one attached hydrogen (secondary N) is 2. The van der Waals surface area contributed by atoms with Gasteiger partial charge in [-0.25, -0.2) is 13.4 Å². The van der Waals surface area contributed by atoms with Gasteiger partial charge in [0, 0.05) is 11.3 Å². The lowest BCUT2D eigenvalue weighted by atomic mass is 10.2. The summed E-state index contributed by atoms with van der Waals surface area (Å²) >= 11 is 0. The topological polar surface area (TPSA) is 111 Å². The van der Waals surface area contributed by atoms with Crippen molar-refractivity contribution < 1.29 is 22.4 Å². The molecular formula is C18H17N3O5S. The van der Waals surface area contributed by atoms with Gasteiger partial charge < -0.3 is 14.5 Å². The van der Waals surface area contributed by atoms with E-state index in [2.05, 4.69) is 15.0 Å². The minimum atomic E-state index is -3.41. The molecule has 27 heavy (non-hydrogen) atoms. The Morgan fingerprint density at radius 1 is 1.11 bits per heavy atom. The predicted octanol–water partition coefficient (Wildman–Crippen LogP) is 2.97. The molecule has 0 saturated carbocycles. The maximum atomic E-state index is 12.3. The first-order valence-corrected chi connectivity index (χ1v) is 9.73. The molecule has 0 atom stereocenters. The summed E-state index contributed by atoms with van der Waals surface area (Å²) < 4.78 is 35.6. The van der Waals surface area contributed by atoms with Gasteiger partial charge in [0.15, 0.2) is 5.76 Å². The summed E-state index contributed by atoms with van der Waals surface area (Å²) in [4.78, 5) is 16.3. The van der Waals surface area contributed by atoms with Crippen LogP contribution < -0.4 is 14.8 Å². The molecule has 0 fully saturated rings. The van der Waals surface area contributed by atoms with Crippen molar-refractivity contribution in [3.8, 4) is 17.1 Å². The lowest BCUT2D eigenvalue weighted by Gasteiger charge is -2.07. The number of hydrogen-bond acceptors (Lipinski definition) is 6. The van der Waals surface area contributed by atoms with E-state index in [0.717, 1.165) is 11.8 Å². The molecule has 0 spiro atoms. The van der Waals surface area contributed by atoms with E-state index < -0.39 is 15.9 Å². The number of ether oxygens (including phenoxy) is 1. The SMILES string of the molecule is COc1ccc(-c2cnc(C(=O)Nc3cccc(NS(C)(=O)=O)c3)o2)cc1. The monoisotopic (exact) mass is 387 g/mol. The van der Waals surface area contributed by atoms with E-state index in [4.69, 9.17) is 9.15 Å². The average Bonchev–Trinajstić information content (AvgIpc) is 3.11. The fraction of sp³-hybridized carbons (Fsp3) is 0.111. The van der Waals surface area contributed by atoms with Gasteiger partial charge >= 0.3 is 5.91 Å². The first kappa shape index (κ1) is 18.5. The largest absolute Gasteiger partial charge is 0.497 e. The lowest BCUT2D eigenvalue weighted by molar-refractivity contribution is 0.0991. The number of benzene rings is 2. The smallest absolute Gasteiger partial charge is 0.311 e. The molecular weight excluding hydrogens is 370 g/mol. The number of amides is 1. The number of aromatic nitrogens is 1. The number of carbonyl (C=O) groups is 1. The first-order chi connectivity index (χ1) is 12.8. The van der Waals surface area contributed by atoms with E-state index in [-0.39, 0.29) is 5.89 Å². The van der Waals surface area contributed by atoms with Crippen LogP contribution in [0, 0.1) is 0 Å². The van der Waals surface area contributed by atoms with Crippen LogP contribution in [0.5, 0.6) is 5.75 Å². The van der Waals surface area contributed by atoms with Crippen molar-refractivity contribution in [3.05, 3.63) is 60.6 Å². The molecule has 0 aliphatic carbocycles. The Bertz CT molecular complexity index is 1060. The van der Waals surface area contributed by atoms with Gasteiger partial charge in [0.2, 0.25) is 10.0 Å². The molecule has 0 saturated heterocycles. The highest BCUT2D eigenvalue weighted by molar-refractivity contribution is 7.92. The molecule has 1 heterocycles. The number of oxazole rings is 1. The van der Waals surface area contributed by atoms with Crippen LogP contribution in [0.2, 0.25) is 0 Å². The predicted molar refractivity (Wildman–Crippen MR) is 101 cm³/mol. The minimum absolute atomic E-state index is 0.109. The average molecular weight is 387 g/mol. The van der Waals surface area contributed by atoms with Crippen LogP contribution in [0.1, 0.15) is 10.7 Å². The van der Waals surface area contributed by atoms with E-state index in [9.17, 15) is 13.2 Å². The quantitative estimate of drug-likeness (QED) is 0.673. The van der Waals surface area contributed by atoms with E-state index in [1.807, 2.05) is 0 Å². The highest BCUT2D eigenvalue weighted by Gasteiger charge is 2.15. The third kappa shape index (κ3) is 4.85. The third-order valence-electron chi connectivity index (χ3n) is 3.50. The van der Waals surface area contributed by atoms with E-state index in [0.29, 0.717) is 22.9 Å². The number of carbonyl (C=O) groups excluding carboxylic acids is 1. The standard InChI is InChI=1S/C18H17N3O5S/c1-25-15-8-6-12(7-9-15)16-11-19-18(26-16)17(22)20-13-4-3-5-14(10-13)21-27(2,23)24/h3-11,21H,1-2H3,(H,20,22). The molecule has 0 unspecified atom stereocenters. The lowest BCUT2D eigenvalue weighted by Crippen LogP contribution is -2.13. The normalized spacial score (nSPS) is 11.0. The van der Waals surface area contributed by atoms with Gasteiger partial charge in [-0.2, -0.15) is 0 Å². The Morgan fingerprint density at radius 3 is 2.48 bits per heavy atom. The Kier molecular flexibility index (Phi) is 5.13. The maximum absolute atomic E-state index is 12.3. The van der Waals surface area contributed by atoms with Gasteiger partial charge in [-0.1, -0.05) is 6.07 Å². The molecule has 1 aromatic heterocycles. The maximum Gasteiger partial charge on any atom is 0.311 e. The summed E-state index contributed by atoms with van der Waals surface area (Å²) in [6, 6.07) is 13.4. The second-order valence-electron chi connectivity index (χ2n) is 5.67. The summed E-state index contributed by atoms with van der Waals surface area (Å²) in [6.07, 6.45) is 2.50. The van der Waals surface area contributed by atoms with Crippen LogP contribution in [0.15, 0.2) is 59.1 Å². The van der Waals surface area contributed by atoms with Crippen molar-refractivity contribution in [1.29, 1.82) is 0 Å². The molecule has 9 heteroatoms. The van der Waals surface area contributed by atoms with Crippen molar-refractivity contribution in [3.63, 3.8) is 0 Å². The van der Waals surface area contributed by atoms with Crippen molar-refractivity contribution in [2.45, 2.75) is 0 Å². The van der Waals surface area contributed by atoms with Gasteiger partial charge in [0.05, 0.1) is 25.2 Å². The second-order valence-corrected chi connectivity index (χ2v) is 7.42. The fourth-order valence-electron chi connectivity index (χ4n) is 2.33. The minimum Gasteiger partial charge on any atom is -0.497 e. The van der Waals surface area contributed by atoms with Crippen LogP contribution in [0.3, 0.4) is 0 Å². The molecule has 140 valence electrons. The van der Waals surface area contributed by atoms with Crippen molar-refractivity contribution in [2.75, 3.05) is 23.4 Å². The summed E-state index contributed by atoms with van der Waals surface area (Å²) in [6.45, 7) is 0. The van der Waals surface area contributed by atoms with Gasteiger partial charge in [-0.3, -0.25) is 9.52 Å². The van der Waals surface area contributed by atoms with Crippen LogP contribution in [-0.2, 0) is 10.0 Å². The molecule has 0 aliphatic heterocycles. The van der Waals surface area contributed by atoms with Crippen LogP contribution in [0.25, 0.3) is 11.3 Å². The molecule has 2 aromatic carbocycles. The third-order valence-corrected chi connectivity index (χ3v) is 4.10. The zero-order chi connectivity index (χ0) is 19.4. The number of anilines is 2. The molecule has 1 amide bonds. The zero-order valence-corrected chi connectivity index (χ0v) is 15.4. The Labute approximate surface area is 156 Å². The second kappa shape index (κ2) is 7.50. The van der Waals surface area contributed by atoms with Crippen molar-refractivity contribution in [1.82, 2.24) is 4.98 Å². The summed E-state index contributed by atoms with van der Waals surface area (Å²) in [7, 11) is -1.83. The first-order valence-electron chi connectivity index (χ1n) is 7.83. The Balaban J connectivity index is 1.73. The highest BCUT2D eigenvalue weighted by Crippen LogP contribution is 2.24. The molecule has 8 nitrogen and oxygen atoms in total. The number of methoxy groups -OCH3 is 1. The number of sulfonamides is 1. The molecule has 0 bridgehead atoms. The Morgan fingerprint density at radius 2 is 1.81 bits per heavy atom. The zero-order valence-electron chi connectivity index (χ0n) is 14.6. The van der Waals surface area contributed by atoms with E-state index in [1.165, 1.54) is 12.3 Å². The Hall–Kier alpha value is -3.33. The van der Waals surface area contributed by atoms with Crippen LogP contribution in [-0.4, -0.2) is 32.7 Å². The number of rotatable bonds is 6. The van der Waals surface area contributed by atoms with Gasteiger partial charge in [-0.05, 0) is 42.5 Å². The summed E-state index contributed by atoms with van der Waals surface area (Å²) in [5.41, 5.74) is 1.49. The molecule has 0 aliphatic rings.